The number of hydrogen-bond donors (Lipinski definition) is 2. The standard InChI is InChI=1S/C16H22N4S.HI/c1-12-6-8-13(9-7-12)19-16(17)18-11-14(20(2)3)15-5-4-10-21-15;/h4-10,14H,11H2,1-3H3,(H3,17,18,19);1H. The molecule has 6 heteroatoms. The Morgan fingerprint density at radius 3 is 2.50 bits per heavy atom. The highest BCUT2D eigenvalue weighted by Crippen LogP contribution is 2.23. The fourth-order valence-electron chi connectivity index (χ4n) is 2.00. The van der Waals surface area contributed by atoms with E-state index in [0.29, 0.717) is 12.5 Å². The molecule has 3 N–H and O–H groups in total. The molecule has 0 radical (unpaired) electrons. The molecule has 0 aliphatic heterocycles. The van der Waals surface area contributed by atoms with Crippen molar-refractivity contribution in [2.45, 2.75) is 13.0 Å². The van der Waals surface area contributed by atoms with Gasteiger partial charge in [-0.3, -0.25) is 4.99 Å². The van der Waals surface area contributed by atoms with E-state index in [4.69, 9.17) is 5.73 Å². The average Bonchev–Trinajstić information content (AvgIpc) is 2.95. The highest BCUT2D eigenvalue weighted by atomic mass is 127. The van der Waals surface area contributed by atoms with Gasteiger partial charge in [0.05, 0.1) is 12.6 Å². The van der Waals surface area contributed by atoms with E-state index in [9.17, 15) is 0 Å². The van der Waals surface area contributed by atoms with Crippen molar-refractivity contribution in [3.63, 3.8) is 0 Å². The fourth-order valence-corrected chi connectivity index (χ4v) is 2.91. The molecule has 22 heavy (non-hydrogen) atoms. The number of nitrogens with zero attached hydrogens (tertiary/aromatic N) is 2. The Morgan fingerprint density at radius 2 is 1.95 bits per heavy atom. The molecule has 4 nitrogen and oxygen atoms in total. The van der Waals surface area contributed by atoms with Gasteiger partial charge >= 0.3 is 0 Å². The molecule has 0 aliphatic carbocycles. The summed E-state index contributed by atoms with van der Waals surface area (Å²) in [6.07, 6.45) is 0. The van der Waals surface area contributed by atoms with Crippen molar-refractivity contribution in [1.29, 1.82) is 0 Å². The predicted molar refractivity (Wildman–Crippen MR) is 107 cm³/mol. The van der Waals surface area contributed by atoms with Crippen molar-refractivity contribution in [2.75, 3.05) is 26.0 Å². The van der Waals surface area contributed by atoms with Crippen LogP contribution >= 0.6 is 35.3 Å². The lowest BCUT2D eigenvalue weighted by atomic mass is 10.2. The highest BCUT2D eigenvalue weighted by molar-refractivity contribution is 14.0. The molecular formula is C16H23IN4S. The van der Waals surface area contributed by atoms with Gasteiger partial charge in [-0.15, -0.1) is 35.3 Å². The molecule has 1 heterocycles. The summed E-state index contributed by atoms with van der Waals surface area (Å²) in [6, 6.07) is 12.5. The molecule has 0 amide bonds. The van der Waals surface area contributed by atoms with Crippen molar-refractivity contribution in [2.24, 2.45) is 10.7 Å². The largest absolute Gasteiger partial charge is 0.370 e. The highest BCUT2D eigenvalue weighted by Gasteiger charge is 2.14. The molecule has 0 bridgehead atoms. The number of rotatable bonds is 5. The van der Waals surface area contributed by atoms with Gasteiger partial charge in [-0.05, 0) is 44.6 Å². The number of guanidine groups is 1. The molecule has 1 aromatic heterocycles. The molecule has 1 aromatic carbocycles. The molecule has 0 spiro atoms. The van der Waals surface area contributed by atoms with Gasteiger partial charge in [0.15, 0.2) is 5.96 Å². The zero-order chi connectivity index (χ0) is 15.2. The molecule has 0 aliphatic rings. The Balaban J connectivity index is 0.00000242. The number of nitrogens with one attached hydrogen (secondary N) is 1. The Hall–Kier alpha value is -1.12. The molecule has 1 unspecified atom stereocenters. The first-order chi connectivity index (χ1) is 10.1. The molecule has 2 rings (SSSR count). The Bertz CT molecular complexity index is 579. The quantitative estimate of drug-likeness (QED) is 0.432. The minimum Gasteiger partial charge on any atom is -0.370 e. The van der Waals surface area contributed by atoms with Crippen LogP contribution in [0.3, 0.4) is 0 Å². The molecule has 0 saturated heterocycles. The third-order valence-corrected chi connectivity index (χ3v) is 4.23. The predicted octanol–water partition coefficient (Wildman–Crippen LogP) is 3.70. The molecular weight excluding hydrogens is 407 g/mol. The lowest BCUT2D eigenvalue weighted by molar-refractivity contribution is 0.311. The summed E-state index contributed by atoms with van der Waals surface area (Å²) < 4.78 is 0. The number of hydrogen-bond acceptors (Lipinski definition) is 3. The molecule has 120 valence electrons. The third-order valence-electron chi connectivity index (χ3n) is 3.25. The SMILES string of the molecule is Cc1ccc(NC(N)=NCC(c2cccs2)N(C)C)cc1.I. The van der Waals surface area contributed by atoms with E-state index in [-0.39, 0.29) is 30.0 Å². The van der Waals surface area contributed by atoms with Crippen LogP contribution in [-0.2, 0) is 0 Å². The molecule has 2 aromatic rings. The van der Waals surface area contributed by atoms with Crippen molar-refractivity contribution in [1.82, 2.24) is 4.90 Å². The second-order valence-electron chi connectivity index (χ2n) is 5.21. The van der Waals surface area contributed by atoms with Gasteiger partial charge in [0, 0.05) is 10.6 Å². The number of anilines is 1. The van der Waals surface area contributed by atoms with Crippen LogP contribution in [0, 0.1) is 6.92 Å². The normalized spacial score (nSPS) is 12.8. The van der Waals surface area contributed by atoms with E-state index in [2.05, 4.69) is 53.7 Å². The minimum atomic E-state index is 0. The van der Waals surface area contributed by atoms with Crippen LogP contribution in [0.15, 0.2) is 46.8 Å². The molecule has 1 atom stereocenters. The summed E-state index contributed by atoms with van der Waals surface area (Å²) in [4.78, 5) is 7.93. The van der Waals surface area contributed by atoms with E-state index in [0.717, 1.165) is 5.69 Å². The summed E-state index contributed by atoms with van der Waals surface area (Å²) in [7, 11) is 4.12. The van der Waals surface area contributed by atoms with E-state index >= 15 is 0 Å². The van der Waals surface area contributed by atoms with Gasteiger partial charge in [0.2, 0.25) is 0 Å². The van der Waals surface area contributed by atoms with E-state index in [1.54, 1.807) is 11.3 Å². The van der Waals surface area contributed by atoms with Gasteiger partial charge in [0.1, 0.15) is 0 Å². The van der Waals surface area contributed by atoms with Crippen molar-refractivity contribution >= 4 is 47.0 Å². The first-order valence-corrected chi connectivity index (χ1v) is 7.77. The Kier molecular flexibility index (Phi) is 7.84. The number of likely N-dealkylation sites (N-methyl/N-ethyl adjacent to an activating group) is 1. The average molecular weight is 430 g/mol. The topological polar surface area (TPSA) is 53.6 Å². The number of halogens is 1. The van der Waals surface area contributed by atoms with Crippen LogP contribution in [-0.4, -0.2) is 31.5 Å². The van der Waals surface area contributed by atoms with Crippen LogP contribution in [0.1, 0.15) is 16.5 Å². The summed E-state index contributed by atoms with van der Waals surface area (Å²) in [5, 5.41) is 5.21. The Labute approximate surface area is 153 Å². The Morgan fingerprint density at radius 1 is 1.27 bits per heavy atom. The summed E-state index contributed by atoms with van der Waals surface area (Å²) in [5.41, 5.74) is 8.15. The first-order valence-electron chi connectivity index (χ1n) is 6.89. The number of thiophene rings is 1. The zero-order valence-corrected chi connectivity index (χ0v) is 16.3. The van der Waals surface area contributed by atoms with Crippen LogP contribution in [0.5, 0.6) is 0 Å². The summed E-state index contributed by atoms with van der Waals surface area (Å²) >= 11 is 1.74. The fraction of sp³-hybridized carbons (Fsp3) is 0.312. The van der Waals surface area contributed by atoms with Gasteiger partial charge in [0.25, 0.3) is 0 Å². The number of benzene rings is 1. The van der Waals surface area contributed by atoms with Gasteiger partial charge in [-0.25, -0.2) is 0 Å². The second-order valence-corrected chi connectivity index (χ2v) is 6.19. The van der Waals surface area contributed by atoms with Crippen molar-refractivity contribution in [3.05, 3.63) is 52.2 Å². The van der Waals surface area contributed by atoms with Gasteiger partial charge in [-0.2, -0.15) is 0 Å². The van der Waals surface area contributed by atoms with Gasteiger partial charge in [-0.1, -0.05) is 23.8 Å². The lowest BCUT2D eigenvalue weighted by Crippen LogP contribution is -2.26. The van der Waals surface area contributed by atoms with E-state index < -0.39 is 0 Å². The number of nitrogens with two attached hydrogens (primary N) is 1. The maximum atomic E-state index is 5.97. The monoisotopic (exact) mass is 430 g/mol. The van der Waals surface area contributed by atoms with Crippen LogP contribution in [0.4, 0.5) is 5.69 Å². The minimum absolute atomic E-state index is 0. The zero-order valence-electron chi connectivity index (χ0n) is 13.1. The summed E-state index contributed by atoms with van der Waals surface area (Å²) in [6.45, 7) is 2.70. The van der Waals surface area contributed by atoms with Crippen LogP contribution in [0.2, 0.25) is 0 Å². The van der Waals surface area contributed by atoms with E-state index in [1.807, 2.05) is 24.3 Å². The molecule has 0 saturated carbocycles. The second kappa shape index (κ2) is 9.12. The van der Waals surface area contributed by atoms with E-state index in [1.165, 1.54) is 10.4 Å². The van der Waals surface area contributed by atoms with Crippen molar-refractivity contribution < 1.29 is 0 Å². The van der Waals surface area contributed by atoms with Crippen LogP contribution < -0.4 is 11.1 Å². The first kappa shape index (κ1) is 18.9. The van der Waals surface area contributed by atoms with Gasteiger partial charge < -0.3 is 16.0 Å². The maximum absolute atomic E-state index is 5.97. The number of aliphatic imine (C=N–C) groups is 1. The smallest absolute Gasteiger partial charge is 0.193 e. The summed E-state index contributed by atoms with van der Waals surface area (Å²) in [5.74, 6) is 0.447. The van der Waals surface area contributed by atoms with Crippen LogP contribution in [0.25, 0.3) is 0 Å². The van der Waals surface area contributed by atoms with Crippen molar-refractivity contribution in [3.8, 4) is 0 Å². The number of aryl methyl sites for hydroxylation is 1. The maximum Gasteiger partial charge on any atom is 0.193 e. The molecule has 0 fully saturated rings. The third kappa shape index (κ3) is 5.58. The lowest BCUT2D eigenvalue weighted by Gasteiger charge is -2.21.